The lowest BCUT2D eigenvalue weighted by Gasteiger charge is -2.28. The second-order valence-corrected chi connectivity index (χ2v) is 11.6. The van der Waals surface area contributed by atoms with Gasteiger partial charge in [-0.1, -0.05) is 60.1 Å². The molecule has 0 spiro atoms. The molecule has 1 aliphatic rings. The molecule has 1 fully saturated rings. The average Bonchev–Trinajstić information content (AvgIpc) is 3.18. The molecule has 192 valence electrons. The van der Waals surface area contributed by atoms with E-state index in [1.807, 2.05) is 66.7 Å². The van der Waals surface area contributed by atoms with Crippen LogP contribution in [0, 0.1) is 0 Å². The van der Waals surface area contributed by atoms with E-state index in [9.17, 15) is 9.36 Å². The van der Waals surface area contributed by atoms with E-state index >= 15 is 0 Å². The summed E-state index contributed by atoms with van der Waals surface area (Å²) in [5.74, 6) is 0.492. The van der Waals surface area contributed by atoms with Crippen LogP contribution in [0.5, 0.6) is 5.75 Å². The summed E-state index contributed by atoms with van der Waals surface area (Å²) in [4.78, 5) is 13.5. The minimum atomic E-state index is -3.54. The Balaban J connectivity index is 1.43. The summed E-state index contributed by atoms with van der Waals surface area (Å²) in [5, 5.41) is 7.03. The monoisotopic (exact) mass is 537 g/mol. The lowest BCUT2D eigenvalue weighted by molar-refractivity contribution is 0.243. The first-order valence-corrected chi connectivity index (χ1v) is 14.2. The molecule has 37 heavy (non-hydrogen) atoms. The van der Waals surface area contributed by atoms with Gasteiger partial charge in [-0.3, -0.25) is 9.32 Å². The molecule has 0 N–H and O–H groups in total. The summed E-state index contributed by atoms with van der Waals surface area (Å²) in [7, 11) is -2.14. The van der Waals surface area contributed by atoms with E-state index in [0.717, 1.165) is 29.5 Å². The molecular weight excluding hydrogens is 509 g/mol. The van der Waals surface area contributed by atoms with Crippen LogP contribution in [-0.4, -0.2) is 34.7 Å². The van der Waals surface area contributed by atoms with Gasteiger partial charge >= 0.3 is 7.75 Å². The highest BCUT2D eigenvalue weighted by molar-refractivity contribution is 7.51. The number of benzene rings is 3. The molecule has 2 unspecified atom stereocenters. The van der Waals surface area contributed by atoms with Crippen LogP contribution in [0.3, 0.4) is 0 Å². The number of aromatic nitrogens is 2. The van der Waals surface area contributed by atoms with Crippen molar-refractivity contribution in [2.45, 2.75) is 31.7 Å². The highest BCUT2D eigenvalue weighted by atomic mass is 35.5. The Morgan fingerprint density at radius 3 is 2.49 bits per heavy atom. The van der Waals surface area contributed by atoms with Crippen LogP contribution in [0.2, 0.25) is 5.02 Å². The summed E-state index contributed by atoms with van der Waals surface area (Å²) in [5.41, 5.74) is 1.74. The maximum Gasteiger partial charge on any atom is 0.461 e. The summed E-state index contributed by atoms with van der Waals surface area (Å²) >= 11 is 6.22. The van der Waals surface area contributed by atoms with Crippen LogP contribution in [-0.2, 0) is 15.5 Å². The molecule has 0 bridgehead atoms. The summed E-state index contributed by atoms with van der Waals surface area (Å²) in [6.45, 7) is 0.985. The molecule has 0 aliphatic carbocycles. The normalized spacial score (nSPS) is 18.3. The van der Waals surface area contributed by atoms with Crippen molar-refractivity contribution in [1.29, 1.82) is 0 Å². The summed E-state index contributed by atoms with van der Waals surface area (Å²) in [6.07, 6.45) is 2.60. The fraction of sp³-hybridized carbons (Fsp3) is 0.286. The Kier molecular flexibility index (Phi) is 7.77. The summed E-state index contributed by atoms with van der Waals surface area (Å²) < 4.78 is 28.3. The largest absolute Gasteiger partial charge is 0.461 e. The Hall–Kier alpha value is -2.96. The van der Waals surface area contributed by atoms with Crippen LogP contribution in [0.15, 0.2) is 83.7 Å². The molecule has 2 atom stereocenters. The Labute approximate surface area is 221 Å². The number of rotatable bonds is 7. The molecule has 9 heteroatoms. The van der Waals surface area contributed by atoms with Gasteiger partial charge in [0.1, 0.15) is 5.75 Å². The Bertz CT molecular complexity index is 1490. The fourth-order valence-corrected chi connectivity index (χ4v) is 6.64. The van der Waals surface area contributed by atoms with Crippen molar-refractivity contribution < 1.29 is 13.6 Å². The fourth-order valence-electron chi connectivity index (χ4n) is 4.87. The predicted molar refractivity (Wildman–Crippen MR) is 146 cm³/mol. The van der Waals surface area contributed by atoms with Gasteiger partial charge in [-0.05, 0) is 55.2 Å². The van der Waals surface area contributed by atoms with Gasteiger partial charge in [0, 0.05) is 37.0 Å². The molecule has 5 rings (SSSR count). The third-order valence-corrected chi connectivity index (χ3v) is 8.96. The first-order chi connectivity index (χ1) is 18.0. The first kappa shape index (κ1) is 25.7. The van der Waals surface area contributed by atoms with Gasteiger partial charge in [-0.2, -0.15) is 9.77 Å². The second kappa shape index (κ2) is 11.2. The molecule has 3 aromatic carbocycles. The van der Waals surface area contributed by atoms with Gasteiger partial charge in [0.05, 0.1) is 17.1 Å². The quantitative estimate of drug-likeness (QED) is 0.250. The van der Waals surface area contributed by atoms with Crippen molar-refractivity contribution in [3.63, 3.8) is 0 Å². The molecule has 4 aromatic rings. The van der Waals surface area contributed by atoms with Crippen molar-refractivity contribution in [1.82, 2.24) is 14.5 Å². The number of halogens is 1. The number of hydrogen-bond acceptors (Lipinski definition) is 5. The van der Waals surface area contributed by atoms with Crippen molar-refractivity contribution in [2.75, 3.05) is 20.2 Å². The van der Waals surface area contributed by atoms with Gasteiger partial charge < -0.3 is 4.52 Å². The zero-order valence-corrected chi connectivity index (χ0v) is 22.3. The van der Waals surface area contributed by atoms with Crippen LogP contribution < -0.4 is 10.1 Å². The molecule has 1 aliphatic heterocycles. The van der Waals surface area contributed by atoms with Gasteiger partial charge in [-0.15, -0.1) is 0 Å². The van der Waals surface area contributed by atoms with Gasteiger partial charge in [0.2, 0.25) is 0 Å². The number of fused-ring (bicyclic) bond motifs is 1. The van der Waals surface area contributed by atoms with Gasteiger partial charge in [-0.25, -0.2) is 9.25 Å². The molecule has 1 aromatic heterocycles. The van der Waals surface area contributed by atoms with E-state index in [0.29, 0.717) is 42.1 Å². The lowest BCUT2D eigenvalue weighted by Crippen LogP contribution is -2.30. The van der Waals surface area contributed by atoms with Crippen molar-refractivity contribution >= 4 is 30.1 Å². The van der Waals surface area contributed by atoms with Gasteiger partial charge in [0.15, 0.2) is 0 Å². The molecular formula is C28H29ClN3O4P. The third kappa shape index (κ3) is 5.65. The third-order valence-electron chi connectivity index (χ3n) is 6.73. The Morgan fingerprint density at radius 2 is 1.73 bits per heavy atom. The van der Waals surface area contributed by atoms with Crippen LogP contribution in [0.25, 0.3) is 10.8 Å². The van der Waals surface area contributed by atoms with E-state index < -0.39 is 7.75 Å². The maximum atomic E-state index is 13.6. The van der Waals surface area contributed by atoms with Crippen LogP contribution in [0.1, 0.15) is 36.6 Å². The molecule has 0 amide bonds. The maximum absolute atomic E-state index is 13.6. The SMILES string of the molecule is COP(=O)(Oc1ccccc1)N1CCCC(n2nc(Cc3cccc(Cl)c3)c3ccccc3c2=O)CC1. The minimum Gasteiger partial charge on any atom is -0.413 e. The average molecular weight is 538 g/mol. The van der Waals surface area contributed by atoms with E-state index in [4.69, 9.17) is 25.7 Å². The number of hydrogen-bond donors (Lipinski definition) is 0. The molecule has 0 radical (unpaired) electrons. The molecule has 2 heterocycles. The summed E-state index contributed by atoms with van der Waals surface area (Å²) in [6, 6.07) is 24.2. The van der Waals surface area contributed by atoms with Crippen LogP contribution >= 0.6 is 19.3 Å². The molecule has 0 saturated carbocycles. The molecule has 1 saturated heterocycles. The van der Waals surface area contributed by atoms with Crippen molar-refractivity contribution in [3.05, 3.63) is 105 Å². The van der Waals surface area contributed by atoms with E-state index in [2.05, 4.69) is 0 Å². The lowest BCUT2D eigenvalue weighted by atomic mass is 10.0. The number of nitrogens with zero attached hydrogens (tertiary/aromatic N) is 3. The van der Waals surface area contributed by atoms with E-state index in [1.165, 1.54) is 7.11 Å². The highest BCUT2D eigenvalue weighted by Crippen LogP contribution is 2.52. The topological polar surface area (TPSA) is 73.7 Å². The smallest absolute Gasteiger partial charge is 0.413 e. The zero-order chi connectivity index (χ0) is 25.8. The van der Waals surface area contributed by atoms with Crippen molar-refractivity contribution in [3.8, 4) is 5.75 Å². The van der Waals surface area contributed by atoms with E-state index in [-0.39, 0.29) is 11.6 Å². The Morgan fingerprint density at radius 1 is 0.973 bits per heavy atom. The second-order valence-electron chi connectivity index (χ2n) is 9.14. The first-order valence-electron chi connectivity index (χ1n) is 12.4. The standard InChI is InChI=1S/C28H29ClN3O4P/c1-35-37(34,36-24-12-3-2-4-13-24)31-17-8-11-23(16-18-31)32-28(33)26-15-6-5-14-25(26)27(30-32)20-21-9-7-10-22(29)19-21/h2-7,9-10,12-15,19,23H,8,11,16-18,20H2,1H3. The number of para-hydroxylation sites is 1. The highest BCUT2D eigenvalue weighted by Gasteiger charge is 2.36. The predicted octanol–water partition coefficient (Wildman–Crippen LogP) is 6.50. The van der Waals surface area contributed by atoms with Crippen molar-refractivity contribution in [2.24, 2.45) is 0 Å². The molecule has 7 nitrogen and oxygen atoms in total. The minimum absolute atomic E-state index is 0.112. The van der Waals surface area contributed by atoms with Gasteiger partial charge in [0.25, 0.3) is 5.56 Å². The zero-order valence-electron chi connectivity index (χ0n) is 20.6. The van der Waals surface area contributed by atoms with E-state index in [1.54, 1.807) is 21.5 Å². The van der Waals surface area contributed by atoms with Crippen LogP contribution in [0.4, 0.5) is 0 Å².